The molecule has 0 amide bonds. The van der Waals surface area contributed by atoms with Crippen LogP contribution in [0.1, 0.15) is 32.4 Å². The van der Waals surface area contributed by atoms with Crippen LogP contribution in [0.15, 0.2) is 28.7 Å². The van der Waals surface area contributed by atoms with Crippen molar-refractivity contribution in [1.29, 1.82) is 0 Å². The molecule has 0 saturated heterocycles. The maximum Gasteiger partial charge on any atom is 0.322 e. The number of halogens is 1. The molecule has 0 bridgehead atoms. The number of esters is 1. The molecule has 0 saturated carbocycles. The third-order valence-electron chi connectivity index (χ3n) is 2.51. The van der Waals surface area contributed by atoms with E-state index in [1.807, 2.05) is 45.0 Å². The fourth-order valence-corrected chi connectivity index (χ4v) is 2.25. The molecule has 0 aliphatic rings. The molecule has 0 fully saturated rings. The maximum absolute atomic E-state index is 11.5. The molecule has 0 aromatic heterocycles. The SMILES string of the molecule is CCOC(=O)C(C)N[C@H](C)c1ccccc1Br. The largest absolute Gasteiger partial charge is 0.465 e. The van der Waals surface area contributed by atoms with E-state index < -0.39 is 0 Å². The average molecular weight is 300 g/mol. The van der Waals surface area contributed by atoms with E-state index in [0.717, 1.165) is 10.0 Å². The van der Waals surface area contributed by atoms with Crippen molar-refractivity contribution in [3.05, 3.63) is 34.3 Å². The summed E-state index contributed by atoms with van der Waals surface area (Å²) in [6.07, 6.45) is 0. The Kier molecular flexibility index (Phi) is 5.65. The zero-order valence-electron chi connectivity index (χ0n) is 10.4. The maximum atomic E-state index is 11.5. The summed E-state index contributed by atoms with van der Waals surface area (Å²) in [6.45, 7) is 6.05. The van der Waals surface area contributed by atoms with Crippen molar-refractivity contribution in [2.24, 2.45) is 0 Å². The van der Waals surface area contributed by atoms with Gasteiger partial charge in [-0.25, -0.2) is 0 Å². The fraction of sp³-hybridized carbons (Fsp3) is 0.462. The van der Waals surface area contributed by atoms with Gasteiger partial charge in [0.05, 0.1) is 6.61 Å². The molecule has 0 heterocycles. The highest BCUT2D eigenvalue weighted by atomic mass is 79.9. The van der Waals surface area contributed by atoms with Crippen LogP contribution in [-0.2, 0) is 9.53 Å². The van der Waals surface area contributed by atoms with Crippen LogP contribution in [0.2, 0.25) is 0 Å². The third kappa shape index (κ3) is 4.13. The zero-order chi connectivity index (χ0) is 12.8. The van der Waals surface area contributed by atoms with E-state index in [0.29, 0.717) is 6.61 Å². The van der Waals surface area contributed by atoms with Crippen LogP contribution in [0, 0.1) is 0 Å². The minimum absolute atomic E-state index is 0.0879. The predicted molar refractivity (Wildman–Crippen MR) is 71.8 cm³/mol. The van der Waals surface area contributed by atoms with E-state index in [4.69, 9.17) is 4.74 Å². The number of benzene rings is 1. The Morgan fingerprint density at radius 3 is 2.65 bits per heavy atom. The van der Waals surface area contributed by atoms with Gasteiger partial charge in [0.2, 0.25) is 0 Å². The Balaban J connectivity index is 2.63. The lowest BCUT2D eigenvalue weighted by Gasteiger charge is -2.20. The molecular weight excluding hydrogens is 282 g/mol. The zero-order valence-corrected chi connectivity index (χ0v) is 12.0. The molecule has 2 atom stereocenters. The van der Waals surface area contributed by atoms with Gasteiger partial charge < -0.3 is 4.74 Å². The van der Waals surface area contributed by atoms with Gasteiger partial charge in [0.25, 0.3) is 0 Å². The molecule has 17 heavy (non-hydrogen) atoms. The molecule has 1 unspecified atom stereocenters. The van der Waals surface area contributed by atoms with Gasteiger partial charge >= 0.3 is 5.97 Å². The second kappa shape index (κ2) is 6.77. The van der Waals surface area contributed by atoms with Crippen molar-refractivity contribution in [2.75, 3.05) is 6.61 Å². The minimum Gasteiger partial charge on any atom is -0.465 e. The highest BCUT2D eigenvalue weighted by Gasteiger charge is 2.17. The second-order valence-electron chi connectivity index (χ2n) is 3.88. The van der Waals surface area contributed by atoms with Gasteiger partial charge in [-0.2, -0.15) is 0 Å². The molecule has 0 aliphatic heterocycles. The summed E-state index contributed by atoms with van der Waals surface area (Å²) in [5.41, 5.74) is 1.13. The molecule has 94 valence electrons. The predicted octanol–water partition coefficient (Wildman–Crippen LogP) is 3.05. The molecule has 0 aliphatic carbocycles. The molecule has 1 aromatic carbocycles. The van der Waals surface area contributed by atoms with Crippen molar-refractivity contribution in [3.8, 4) is 0 Å². The van der Waals surface area contributed by atoms with E-state index >= 15 is 0 Å². The van der Waals surface area contributed by atoms with Crippen LogP contribution in [0.3, 0.4) is 0 Å². The van der Waals surface area contributed by atoms with Gasteiger partial charge in [0, 0.05) is 10.5 Å². The summed E-state index contributed by atoms with van der Waals surface area (Å²) >= 11 is 3.50. The van der Waals surface area contributed by atoms with Crippen molar-refractivity contribution in [2.45, 2.75) is 32.9 Å². The summed E-state index contributed by atoms with van der Waals surface area (Å²) in [5.74, 6) is -0.216. The molecular formula is C13H18BrNO2. The second-order valence-corrected chi connectivity index (χ2v) is 4.74. The normalized spacial score (nSPS) is 14.1. The number of rotatable bonds is 5. The Bertz CT molecular complexity index is 381. The van der Waals surface area contributed by atoms with Crippen molar-refractivity contribution in [1.82, 2.24) is 5.32 Å². The molecule has 3 nitrogen and oxygen atoms in total. The van der Waals surface area contributed by atoms with E-state index in [1.54, 1.807) is 0 Å². The number of hydrogen-bond acceptors (Lipinski definition) is 3. The first-order valence-electron chi connectivity index (χ1n) is 5.73. The lowest BCUT2D eigenvalue weighted by atomic mass is 10.1. The van der Waals surface area contributed by atoms with Gasteiger partial charge in [-0.15, -0.1) is 0 Å². The third-order valence-corrected chi connectivity index (χ3v) is 3.23. The molecule has 1 aromatic rings. The summed E-state index contributed by atoms with van der Waals surface area (Å²) in [5, 5.41) is 3.22. The van der Waals surface area contributed by atoms with E-state index in [2.05, 4.69) is 21.2 Å². The Morgan fingerprint density at radius 1 is 1.41 bits per heavy atom. The van der Waals surface area contributed by atoms with Crippen LogP contribution in [0.5, 0.6) is 0 Å². The molecule has 0 radical (unpaired) electrons. The quantitative estimate of drug-likeness (QED) is 0.849. The Hall–Kier alpha value is -0.870. The monoisotopic (exact) mass is 299 g/mol. The van der Waals surface area contributed by atoms with Crippen molar-refractivity contribution < 1.29 is 9.53 Å². The smallest absolute Gasteiger partial charge is 0.322 e. The summed E-state index contributed by atoms with van der Waals surface area (Å²) in [7, 11) is 0. The average Bonchev–Trinajstić information content (AvgIpc) is 2.29. The van der Waals surface area contributed by atoms with Crippen LogP contribution >= 0.6 is 15.9 Å². The number of nitrogens with one attached hydrogen (secondary N) is 1. The number of ether oxygens (including phenoxy) is 1. The summed E-state index contributed by atoms with van der Waals surface area (Å²) in [6, 6.07) is 7.74. The van der Waals surface area contributed by atoms with Gasteiger partial charge in [0.1, 0.15) is 6.04 Å². The Morgan fingerprint density at radius 2 is 2.06 bits per heavy atom. The lowest BCUT2D eigenvalue weighted by molar-refractivity contribution is -0.145. The summed E-state index contributed by atoms with van der Waals surface area (Å²) in [4.78, 5) is 11.5. The lowest BCUT2D eigenvalue weighted by Crippen LogP contribution is -2.37. The van der Waals surface area contributed by atoms with Gasteiger partial charge in [-0.3, -0.25) is 10.1 Å². The number of hydrogen-bond donors (Lipinski definition) is 1. The Labute approximate surface area is 111 Å². The van der Waals surface area contributed by atoms with Gasteiger partial charge in [-0.1, -0.05) is 34.1 Å². The van der Waals surface area contributed by atoms with Crippen molar-refractivity contribution in [3.63, 3.8) is 0 Å². The van der Waals surface area contributed by atoms with Gasteiger partial charge in [0.15, 0.2) is 0 Å². The molecule has 0 spiro atoms. The first kappa shape index (κ1) is 14.2. The van der Waals surface area contributed by atoms with Crippen LogP contribution in [0.25, 0.3) is 0 Å². The first-order chi connectivity index (χ1) is 8.06. The molecule has 1 rings (SSSR count). The molecule has 1 N–H and O–H groups in total. The van der Waals surface area contributed by atoms with Crippen LogP contribution in [0.4, 0.5) is 0 Å². The van der Waals surface area contributed by atoms with E-state index in [-0.39, 0.29) is 18.1 Å². The van der Waals surface area contributed by atoms with Crippen LogP contribution in [-0.4, -0.2) is 18.6 Å². The topological polar surface area (TPSA) is 38.3 Å². The van der Waals surface area contributed by atoms with Gasteiger partial charge in [-0.05, 0) is 32.4 Å². The molecule has 4 heteroatoms. The van der Waals surface area contributed by atoms with E-state index in [9.17, 15) is 4.79 Å². The standard InChI is InChI=1S/C13H18BrNO2/c1-4-17-13(16)10(3)15-9(2)11-7-5-6-8-12(11)14/h5-10,15H,4H2,1-3H3/t9-,10?/m1/s1. The first-order valence-corrected chi connectivity index (χ1v) is 6.52. The highest BCUT2D eigenvalue weighted by molar-refractivity contribution is 9.10. The fourth-order valence-electron chi connectivity index (χ4n) is 1.63. The number of carbonyl (C=O) groups excluding carboxylic acids is 1. The van der Waals surface area contributed by atoms with Crippen molar-refractivity contribution >= 4 is 21.9 Å². The number of carbonyl (C=O) groups is 1. The summed E-state index contributed by atoms with van der Waals surface area (Å²) < 4.78 is 6.00. The highest BCUT2D eigenvalue weighted by Crippen LogP contribution is 2.23. The minimum atomic E-state index is -0.308. The van der Waals surface area contributed by atoms with E-state index in [1.165, 1.54) is 0 Å². The van der Waals surface area contributed by atoms with Crippen LogP contribution < -0.4 is 5.32 Å².